The Morgan fingerprint density at radius 2 is 1.68 bits per heavy atom. The molecule has 0 saturated carbocycles. The second kappa shape index (κ2) is 10.4. The van der Waals surface area contributed by atoms with Crippen molar-refractivity contribution in [3.8, 4) is 5.75 Å². The molecule has 0 bridgehead atoms. The molecule has 1 saturated heterocycles. The van der Waals surface area contributed by atoms with E-state index in [0.717, 1.165) is 18.8 Å². The third-order valence-electron chi connectivity index (χ3n) is 4.40. The number of alkyl halides is 2. The Labute approximate surface area is 179 Å². The second-order valence-electron chi connectivity index (χ2n) is 6.11. The Kier molecular flexibility index (Phi) is 8.21. The van der Waals surface area contributed by atoms with Gasteiger partial charge in [0.1, 0.15) is 11.6 Å². The van der Waals surface area contributed by atoms with Gasteiger partial charge in [-0.1, -0.05) is 18.2 Å². The van der Waals surface area contributed by atoms with Gasteiger partial charge in [0.2, 0.25) is 0 Å². The van der Waals surface area contributed by atoms with Crippen molar-refractivity contribution in [3.63, 3.8) is 0 Å². The Morgan fingerprint density at radius 3 is 2.32 bits per heavy atom. The summed E-state index contributed by atoms with van der Waals surface area (Å²) in [6, 6.07) is 12.9. The largest absolute Gasteiger partial charge is 0.434 e. The minimum atomic E-state index is -2.88. The molecule has 5 nitrogen and oxygen atoms in total. The minimum absolute atomic E-state index is 0. The first-order valence-electron chi connectivity index (χ1n) is 8.61. The molecule has 2 aromatic carbocycles. The van der Waals surface area contributed by atoms with Crippen LogP contribution in [0.25, 0.3) is 0 Å². The standard InChI is InChI=1S/C19H21F3N4O.HI/c20-15-5-7-16(8-6-15)25-9-11-26(12-10-25)19(23)24-13-14-3-1-2-4-17(14)27-18(21)22;/h1-8,18H,9-13H2,(H2,23,24);1H. The quantitative estimate of drug-likeness (QED) is 0.382. The minimum Gasteiger partial charge on any atom is -0.434 e. The topological polar surface area (TPSA) is 54.1 Å². The highest BCUT2D eigenvalue weighted by atomic mass is 127. The summed E-state index contributed by atoms with van der Waals surface area (Å²) in [6.07, 6.45) is 0. The van der Waals surface area contributed by atoms with E-state index in [1.54, 1.807) is 30.3 Å². The van der Waals surface area contributed by atoms with E-state index < -0.39 is 6.61 Å². The number of aliphatic imine (C=N–C) groups is 1. The molecule has 1 aliphatic heterocycles. The van der Waals surface area contributed by atoms with E-state index >= 15 is 0 Å². The van der Waals surface area contributed by atoms with Gasteiger partial charge in [-0.3, -0.25) is 0 Å². The molecule has 0 unspecified atom stereocenters. The van der Waals surface area contributed by atoms with Crippen LogP contribution in [-0.2, 0) is 6.54 Å². The smallest absolute Gasteiger partial charge is 0.387 e. The predicted molar refractivity (Wildman–Crippen MR) is 114 cm³/mol. The Bertz CT molecular complexity index is 781. The number of anilines is 1. The maximum absolute atomic E-state index is 13.0. The summed E-state index contributed by atoms with van der Waals surface area (Å²) in [5, 5.41) is 0. The van der Waals surface area contributed by atoms with Crippen LogP contribution in [0.3, 0.4) is 0 Å². The van der Waals surface area contributed by atoms with Gasteiger partial charge < -0.3 is 20.3 Å². The number of ether oxygens (including phenoxy) is 1. The molecule has 0 aliphatic carbocycles. The number of hydrogen-bond donors (Lipinski definition) is 1. The Balaban J connectivity index is 0.00000280. The molecule has 0 atom stereocenters. The van der Waals surface area contributed by atoms with Crippen LogP contribution in [0.2, 0.25) is 0 Å². The first-order valence-corrected chi connectivity index (χ1v) is 8.61. The molecule has 9 heteroatoms. The van der Waals surface area contributed by atoms with Gasteiger partial charge in [-0.15, -0.1) is 24.0 Å². The highest BCUT2D eigenvalue weighted by Crippen LogP contribution is 2.21. The fraction of sp³-hybridized carbons (Fsp3) is 0.316. The highest BCUT2D eigenvalue weighted by Gasteiger charge is 2.18. The molecule has 1 fully saturated rings. The second-order valence-corrected chi connectivity index (χ2v) is 6.11. The molecule has 1 aliphatic rings. The van der Waals surface area contributed by atoms with Crippen molar-refractivity contribution < 1.29 is 17.9 Å². The van der Waals surface area contributed by atoms with Crippen LogP contribution in [0.4, 0.5) is 18.9 Å². The van der Waals surface area contributed by atoms with E-state index in [-0.39, 0.29) is 42.1 Å². The molecule has 152 valence electrons. The van der Waals surface area contributed by atoms with Gasteiger partial charge >= 0.3 is 6.61 Å². The van der Waals surface area contributed by atoms with Crippen LogP contribution >= 0.6 is 24.0 Å². The fourth-order valence-electron chi connectivity index (χ4n) is 2.96. The number of guanidine groups is 1. The zero-order valence-electron chi connectivity index (χ0n) is 15.1. The first kappa shape index (κ1) is 22.1. The number of halogens is 4. The lowest BCUT2D eigenvalue weighted by atomic mass is 10.2. The third-order valence-corrected chi connectivity index (χ3v) is 4.40. The van der Waals surface area contributed by atoms with E-state index in [1.165, 1.54) is 18.2 Å². The molecule has 28 heavy (non-hydrogen) atoms. The molecule has 1 heterocycles. The summed E-state index contributed by atoms with van der Waals surface area (Å²) >= 11 is 0. The fourth-order valence-corrected chi connectivity index (χ4v) is 2.96. The van der Waals surface area contributed by atoms with Crippen LogP contribution in [-0.4, -0.2) is 43.6 Å². The lowest BCUT2D eigenvalue weighted by molar-refractivity contribution is -0.0504. The SMILES string of the molecule is I.NC(=NCc1ccccc1OC(F)F)N1CCN(c2ccc(F)cc2)CC1. The maximum Gasteiger partial charge on any atom is 0.387 e. The van der Waals surface area contributed by atoms with Crippen LogP contribution in [0, 0.1) is 5.82 Å². The number of piperazine rings is 1. The summed E-state index contributed by atoms with van der Waals surface area (Å²) in [6.45, 7) is 0.0725. The van der Waals surface area contributed by atoms with Crippen LogP contribution in [0.15, 0.2) is 53.5 Å². The van der Waals surface area contributed by atoms with Crippen molar-refractivity contribution in [1.29, 1.82) is 0 Å². The van der Waals surface area contributed by atoms with Gasteiger partial charge in [0.05, 0.1) is 6.54 Å². The Morgan fingerprint density at radius 1 is 1.04 bits per heavy atom. The average Bonchev–Trinajstić information content (AvgIpc) is 2.67. The van der Waals surface area contributed by atoms with E-state index in [0.29, 0.717) is 24.6 Å². The average molecular weight is 506 g/mol. The van der Waals surface area contributed by atoms with Crippen LogP contribution in [0.5, 0.6) is 5.75 Å². The van der Waals surface area contributed by atoms with Gasteiger partial charge in [-0.05, 0) is 30.3 Å². The third kappa shape index (κ3) is 5.91. The zero-order chi connectivity index (χ0) is 19.2. The number of nitrogens with two attached hydrogens (primary N) is 1. The number of rotatable bonds is 5. The summed E-state index contributed by atoms with van der Waals surface area (Å²) in [5.74, 6) is 0.204. The van der Waals surface area contributed by atoms with E-state index in [1.807, 2.05) is 4.90 Å². The van der Waals surface area contributed by atoms with E-state index in [2.05, 4.69) is 14.6 Å². The van der Waals surface area contributed by atoms with Gasteiger partial charge in [0.25, 0.3) is 0 Å². The molecule has 2 N–H and O–H groups in total. The van der Waals surface area contributed by atoms with Crippen LogP contribution < -0.4 is 15.4 Å². The van der Waals surface area contributed by atoms with Crippen molar-refractivity contribution in [2.45, 2.75) is 13.2 Å². The molecule has 2 aromatic rings. The molecule has 0 amide bonds. The van der Waals surface area contributed by atoms with Gasteiger partial charge in [-0.2, -0.15) is 8.78 Å². The number of benzene rings is 2. The molecule has 0 spiro atoms. The normalized spacial score (nSPS) is 14.8. The predicted octanol–water partition coefficient (Wildman–Crippen LogP) is 3.68. The zero-order valence-corrected chi connectivity index (χ0v) is 17.4. The molecule has 0 radical (unpaired) electrons. The number of nitrogens with zero attached hydrogens (tertiary/aromatic N) is 3. The molecule has 3 rings (SSSR count). The van der Waals surface area contributed by atoms with Crippen LogP contribution in [0.1, 0.15) is 5.56 Å². The van der Waals surface area contributed by atoms with Gasteiger partial charge in [0.15, 0.2) is 5.96 Å². The first-order chi connectivity index (χ1) is 13.0. The Hall–Kier alpha value is -2.17. The maximum atomic E-state index is 13.0. The molecular weight excluding hydrogens is 484 g/mol. The monoisotopic (exact) mass is 506 g/mol. The van der Waals surface area contributed by atoms with Gasteiger partial charge in [0, 0.05) is 37.4 Å². The summed E-state index contributed by atoms with van der Waals surface area (Å²) in [4.78, 5) is 8.41. The number of hydrogen-bond acceptors (Lipinski definition) is 3. The summed E-state index contributed by atoms with van der Waals surface area (Å²) in [7, 11) is 0. The van der Waals surface area contributed by atoms with Crippen molar-refractivity contribution in [2.24, 2.45) is 10.7 Å². The molecular formula is C19H22F3IN4O. The van der Waals surface area contributed by atoms with E-state index in [4.69, 9.17) is 5.73 Å². The highest BCUT2D eigenvalue weighted by molar-refractivity contribution is 14.0. The summed E-state index contributed by atoms with van der Waals surface area (Å²) in [5.41, 5.74) is 7.58. The lowest BCUT2D eigenvalue weighted by Crippen LogP contribution is -2.51. The van der Waals surface area contributed by atoms with Crippen molar-refractivity contribution in [1.82, 2.24) is 4.90 Å². The van der Waals surface area contributed by atoms with Crippen molar-refractivity contribution >= 4 is 35.6 Å². The number of para-hydroxylation sites is 1. The van der Waals surface area contributed by atoms with Gasteiger partial charge in [-0.25, -0.2) is 9.38 Å². The summed E-state index contributed by atoms with van der Waals surface area (Å²) < 4.78 is 42.5. The van der Waals surface area contributed by atoms with E-state index in [9.17, 15) is 13.2 Å². The molecule has 0 aromatic heterocycles. The van der Waals surface area contributed by atoms with Crippen molar-refractivity contribution in [2.75, 3.05) is 31.1 Å². The van der Waals surface area contributed by atoms with Crippen molar-refractivity contribution in [3.05, 3.63) is 59.9 Å². The lowest BCUT2D eigenvalue weighted by Gasteiger charge is -2.36.